The highest BCUT2D eigenvalue weighted by molar-refractivity contribution is 7.80. The van der Waals surface area contributed by atoms with Gasteiger partial charge in [0.05, 0.1) is 20.3 Å². The number of aryl methyl sites for hydroxylation is 1. The summed E-state index contributed by atoms with van der Waals surface area (Å²) in [4.78, 5) is 2.51. The number of nitrogens with one attached hydrogen (secondary N) is 2. The van der Waals surface area contributed by atoms with Crippen LogP contribution >= 0.6 is 12.2 Å². The summed E-state index contributed by atoms with van der Waals surface area (Å²) in [7, 11) is 3.37. The Labute approximate surface area is 179 Å². The molecule has 0 bridgehead atoms. The van der Waals surface area contributed by atoms with E-state index in [1.54, 1.807) is 14.2 Å². The van der Waals surface area contributed by atoms with Gasteiger partial charge in [0.25, 0.3) is 0 Å². The van der Waals surface area contributed by atoms with E-state index >= 15 is 0 Å². The fourth-order valence-electron chi connectivity index (χ4n) is 3.85. The van der Waals surface area contributed by atoms with E-state index in [-0.39, 0.29) is 6.04 Å². The van der Waals surface area contributed by atoms with Crippen LogP contribution < -0.4 is 20.1 Å². The number of thiocarbonyl (C=S) groups is 1. The van der Waals surface area contributed by atoms with Crippen molar-refractivity contribution >= 4 is 17.3 Å². The van der Waals surface area contributed by atoms with Crippen molar-refractivity contribution in [3.63, 3.8) is 0 Å². The quantitative estimate of drug-likeness (QED) is 0.677. The minimum atomic E-state index is 0.191. The molecule has 0 aliphatic carbocycles. The van der Waals surface area contributed by atoms with Crippen molar-refractivity contribution in [2.45, 2.75) is 32.9 Å². The highest BCUT2D eigenvalue weighted by Gasteiger charge is 2.29. The number of hydrogen-bond donors (Lipinski definition) is 2. The van der Waals surface area contributed by atoms with Crippen molar-refractivity contribution in [1.29, 1.82) is 0 Å². The van der Waals surface area contributed by atoms with E-state index in [4.69, 9.17) is 21.7 Å². The summed E-state index contributed by atoms with van der Waals surface area (Å²) in [6, 6.07) is 13.2. The van der Waals surface area contributed by atoms with Crippen molar-refractivity contribution in [3.05, 3.63) is 58.7 Å². The van der Waals surface area contributed by atoms with E-state index in [2.05, 4.69) is 58.9 Å². The molecule has 1 aliphatic rings. The number of fused-ring (bicyclic) bond motifs is 1. The summed E-state index contributed by atoms with van der Waals surface area (Å²) in [5.74, 6) is 1.55. The van der Waals surface area contributed by atoms with Gasteiger partial charge in [0.1, 0.15) is 0 Å². The van der Waals surface area contributed by atoms with Crippen LogP contribution in [0, 0.1) is 6.92 Å². The van der Waals surface area contributed by atoms with Gasteiger partial charge in [-0.1, -0.05) is 29.8 Å². The Hall–Kier alpha value is -2.31. The van der Waals surface area contributed by atoms with Gasteiger partial charge in [0.2, 0.25) is 0 Å². The molecular weight excluding hydrogens is 382 g/mol. The van der Waals surface area contributed by atoms with Crippen LogP contribution in [-0.4, -0.2) is 43.9 Å². The lowest BCUT2D eigenvalue weighted by Crippen LogP contribution is -2.44. The zero-order chi connectivity index (χ0) is 20.8. The average molecular weight is 414 g/mol. The van der Waals surface area contributed by atoms with Crippen LogP contribution in [-0.2, 0) is 13.0 Å². The molecule has 0 saturated heterocycles. The van der Waals surface area contributed by atoms with Crippen molar-refractivity contribution in [3.8, 4) is 11.5 Å². The Morgan fingerprint density at radius 3 is 2.45 bits per heavy atom. The zero-order valence-corrected chi connectivity index (χ0v) is 18.6. The molecule has 156 valence electrons. The van der Waals surface area contributed by atoms with Crippen LogP contribution in [0.25, 0.3) is 0 Å². The van der Waals surface area contributed by atoms with Gasteiger partial charge >= 0.3 is 0 Å². The first kappa shape index (κ1) is 21.4. The maximum atomic E-state index is 5.58. The lowest BCUT2D eigenvalue weighted by atomic mass is 9.91. The summed E-state index contributed by atoms with van der Waals surface area (Å²) >= 11 is 5.41. The summed E-state index contributed by atoms with van der Waals surface area (Å²) in [6.45, 7) is 7.59. The average Bonchev–Trinajstić information content (AvgIpc) is 2.73. The molecule has 6 heteroatoms. The Balaban J connectivity index is 1.89. The smallest absolute Gasteiger partial charge is 0.166 e. The van der Waals surface area contributed by atoms with Crippen molar-refractivity contribution < 1.29 is 9.47 Å². The number of benzene rings is 2. The molecule has 0 radical (unpaired) electrons. The second kappa shape index (κ2) is 9.94. The number of hydrogen-bond acceptors (Lipinski definition) is 4. The Bertz CT molecular complexity index is 839. The third kappa shape index (κ3) is 5.19. The highest BCUT2D eigenvalue weighted by Crippen LogP contribution is 2.38. The van der Waals surface area contributed by atoms with Crippen LogP contribution in [0.5, 0.6) is 11.5 Å². The van der Waals surface area contributed by atoms with Gasteiger partial charge in [-0.3, -0.25) is 4.90 Å². The molecule has 5 nitrogen and oxygen atoms in total. The van der Waals surface area contributed by atoms with E-state index in [1.807, 2.05) is 6.92 Å². The molecule has 2 aromatic rings. The third-order valence-corrected chi connectivity index (χ3v) is 5.70. The maximum Gasteiger partial charge on any atom is 0.166 e. The number of nitrogens with zero attached hydrogens (tertiary/aromatic N) is 1. The number of ether oxygens (including phenoxy) is 2. The molecule has 29 heavy (non-hydrogen) atoms. The molecule has 2 N–H and O–H groups in total. The van der Waals surface area contributed by atoms with Gasteiger partial charge < -0.3 is 20.1 Å². The molecule has 0 amide bonds. The summed E-state index contributed by atoms with van der Waals surface area (Å²) < 4.78 is 11.1. The predicted octanol–water partition coefficient (Wildman–Crippen LogP) is 3.60. The zero-order valence-electron chi connectivity index (χ0n) is 17.7. The van der Waals surface area contributed by atoms with E-state index in [1.165, 1.54) is 22.3 Å². The topological polar surface area (TPSA) is 45.8 Å². The standard InChI is InChI=1S/C23H31N3O2S/c1-5-24-23(29)25-14-20-19-13-22(28-4)21(27-3)12-18(19)10-11-26(20)15-17-8-6-16(2)7-9-17/h6-9,12-13,20H,5,10-11,14-15H2,1-4H3,(H2,24,25,29)/t20-/m1/s1. The summed E-state index contributed by atoms with van der Waals surface area (Å²) in [5, 5.41) is 7.26. The Kier molecular flexibility index (Phi) is 7.34. The first-order valence-corrected chi connectivity index (χ1v) is 10.5. The van der Waals surface area contributed by atoms with E-state index in [0.29, 0.717) is 5.11 Å². The van der Waals surface area contributed by atoms with Gasteiger partial charge in [-0.2, -0.15) is 0 Å². The second-order valence-electron chi connectivity index (χ2n) is 7.37. The first-order chi connectivity index (χ1) is 14.0. The molecule has 0 spiro atoms. The normalized spacial score (nSPS) is 16.1. The Morgan fingerprint density at radius 1 is 1.10 bits per heavy atom. The minimum absolute atomic E-state index is 0.191. The number of rotatable bonds is 7. The number of methoxy groups -OCH3 is 2. The molecule has 2 aromatic carbocycles. The fraction of sp³-hybridized carbons (Fsp3) is 0.435. The molecule has 3 rings (SSSR count). The first-order valence-electron chi connectivity index (χ1n) is 10.1. The maximum absolute atomic E-state index is 5.58. The monoisotopic (exact) mass is 413 g/mol. The lowest BCUT2D eigenvalue weighted by Gasteiger charge is -2.38. The van der Waals surface area contributed by atoms with Crippen LogP contribution in [0.2, 0.25) is 0 Å². The molecule has 0 unspecified atom stereocenters. The molecule has 0 aromatic heterocycles. The molecule has 0 saturated carbocycles. The van der Waals surface area contributed by atoms with Crippen molar-refractivity contribution in [2.75, 3.05) is 33.9 Å². The summed E-state index contributed by atoms with van der Waals surface area (Å²) in [5.41, 5.74) is 5.18. The fourth-order valence-corrected chi connectivity index (χ4v) is 4.08. The van der Waals surface area contributed by atoms with E-state index < -0.39 is 0 Å². The van der Waals surface area contributed by atoms with Gasteiger partial charge in [0, 0.05) is 26.2 Å². The van der Waals surface area contributed by atoms with Crippen LogP contribution in [0.4, 0.5) is 0 Å². The lowest BCUT2D eigenvalue weighted by molar-refractivity contribution is 0.176. The van der Waals surface area contributed by atoms with E-state index in [0.717, 1.165) is 44.1 Å². The molecule has 1 atom stereocenters. The minimum Gasteiger partial charge on any atom is -0.493 e. The highest BCUT2D eigenvalue weighted by atomic mass is 32.1. The molecule has 0 fully saturated rings. The van der Waals surface area contributed by atoms with Crippen molar-refractivity contribution in [1.82, 2.24) is 15.5 Å². The van der Waals surface area contributed by atoms with E-state index in [9.17, 15) is 0 Å². The van der Waals surface area contributed by atoms with Crippen LogP contribution in [0.1, 0.15) is 35.2 Å². The molecule has 1 aliphatic heterocycles. The van der Waals surface area contributed by atoms with Crippen LogP contribution in [0.15, 0.2) is 36.4 Å². The van der Waals surface area contributed by atoms with Gasteiger partial charge in [-0.15, -0.1) is 0 Å². The predicted molar refractivity (Wildman–Crippen MR) is 122 cm³/mol. The van der Waals surface area contributed by atoms with Gasteiger partial charge in [-0.25, -0.2) is 0 Å². The molecule has 1 heterocycles. The van der Waals surface area contributed by atoms with Crippen LogP contribution in [0.3, 0.4) is 0 Å². The Morgan fingerprint density at radius 2 is 1.79 bits per heavy atom. The second-order valence-corrected chi connectivity index (χ2v) is 7.78. The van der Waals surface area contributed by atoms with Gasteiger partial charge in [0.15, 0.2) is 16.6 Å². The van der Waals surface area contributed by atoms with Gasteiger partial charge in [-0.05, 0) is 61.3 Å². The summed E-state index contributed by atoms with van der Waals surface area (Å²) in [6.07, 6.45) is 0.982. The van der Waals surface area contributed by atoms with Crippen molar-refractivity contribution in [2.24, 2.45) is 0 Å². The SMILES string of the molecule is CCNC(=S)NC[C@@H]1c2cc(OC)c(OC)cc2CCN1Cc1ccc(C)cc1. The third-order valence-electron chi connectivity index (χ3n) is 5.41. The molecular formula is C23H31N3O2S. The largest absolute Gasteiger partial charge is 0.493 e.